The molecule has 0 amide bonds. The summed E-state index contributed by atoms with van der Waals surface area (Å²) in [5.41, 5.74) is 0.953. The maximum Gasteiger partial charge on any atom is 0.311 e. The fourth-order valence-electron chi connectivity index (χ4n) is 1.96. The van der Waals surface area contributed by atoms with Crippen molar-refractivity contribution in [2.24, 2.45) is 0 Å². The summed E-state index contributed by atoms with van der Waals surface area (Å²) in [4.78, 5) is 10.8. The highest BCUT2D eigenvalue weighted by Crippen LogP contribution is 2.29. The van der Waals surface area contributed by atoms with Crippen LogP contribution in [-0.2, 0) is 6.54 Å². The van der Waals surface area contributed by atoms with E-state index >= 15 is 0 Å². The van der Waals surface area contributed by atoms with E-state index in [0.717, 1.165) is 31.4 Å². The molecule has 0 aliphatic rings. The first-order valence-electron chi connectivity index (χ1n) is 7.27. The first kappa shape index (κ1) is 16.4. The number of nitrogens with zero attached hydrogens (tertiary/aromatic N) is 1. The molecule has 112 valence electrons. The van der Waals surface area contributed by atoms with E-state index in [9.17, 15) is 10.1 Å². The Hall–Kier alpha value is -1.62. The van der Waals surface area contributed by atoms with Crippen LogP contribution in [0.15, 0.2) is 18.2 Å². The van der Waals surface area contributed by atoms with Crippen LogP contribution in [0.1, 0.15) is 45.6 Å². The highest BCUT2D eigenvalue weighted by Gasteiger charge is 2.18. The van der Waals surface area contributed by atoms with Crippen molar-refractivity contribution >= 4 is 5.69 Å². The maximum atomic E-state index is 11.2. The summed E-state index contributed by atoms with van der Waals surface area (Å²) in [6.45, 7) is 7.66. The zero-order chi connectivity index (χ0) is 15.0. The molecule has 1 aromatic rings. The molecular weight excluding hydrogens is 256 g/mol. The molecule has 0 aromatic heterocycles. The second kappa shape index (κ2) is 8.53. The van der Waals surface area contributed by atoms with Crippen LogP contribution < -0.4 is 10.1 Å². The molecule has 0 atom stereocenters. The maximum absolute atomic E-state index is 11.2. The van der Waals surface area contributed by atoms with Crippen LogP contribution in [0.25, 0.3) is 0 Å². The molecule has 5 heteroatoms. The zero-order valence-electron chi connectivity index (χ0n) is 12.5. The number of nitrogens with one attached hydrogen (secondary N) is 1. The van der Waals surface area contributed by atoms with Gasteiger partial charge in [-0.25, -0.2) is 0 Å². The van der Waals surface area contributed by atoms with Gasteiger partial charge < -0.3 is 10.1 Å². The number of benzene rings is 1. The zero-order valence-corrected chi connectivity index (χ0v) is 12.5. The number of hydrogen-bond donors (Lipinski definition) is 1. The number of ether oxygens (including phenoxy) is 1. The van der Waals surface area contributed by atoms with Gasteiger partial charge in [-0.1, -0.05) is 26.8 Å². The monoisotopic (exact) mass is 280 g/mol. The van der Waals surface area contributed by atoms with E-state index in [4.69, 9.17) is 4.74 Å². The summed E-state index contributed by atoms with van der Waals surface area (Å²) in [5.74, 6) is 0.364. The molecule has 20 heavy (non-hydrogen) atoms. The van der Waals surface area contributed by atoms with Crippen molar-refractivity contribution in [1.82, 2.24) is 5.32 Å². The summed E-state index contributed by atoms with van der Waals surface area (Å²) in [6.07, 6.45) is 2.75. The van der Waals surface area contributed by atoms with Crippen molar-refractivity contribution in [3.05, 3.63) is 33.9 Å². The van der Waals surface area contributed by atoms with E-state index in [2.05, 4.69) is 12.2 Å². The van der Waals surface area contributed by atoms with Gasteiger partial charge in [-0.15, -0.1) is 0 Å². The lowest BCUT2D eigenvalue weighted by molar-refractivity contribution is -0.386. The lowest BCUT2D eigenvalue weighted by atomic mass is 10.1. The molecule has 0 fully saturated rings. The van der Waals surface area contributed by atoms with Gasteiger partial charge in [0, 0.05) is 12.6 Å². The van der Waals surface area contributed by atoms with E-state index in [1.807, 2.05) is 19.9 Å². The average Bonchev–Trinajstić information content (AvgIpc) is 2.45. The molecule has 1 rings (SSSR count). The fraction of sp³-hybridized carbons (Fsp3) is 0.600. The summed E-state index contributed by atoms with van der Waals surface area (Å²) < 4.78 is 5.72. The van der Waals surface area contributed by atoms with E-state index in [1.54, 1.807) is 12.1 Å². The van der Waals surface area contributed by atoms with E-state index in [-0.39, 0.29) is 16.7 Å². The molecule has 0 unspecified atom stereocenters. The van der Waals surface area contributed by atoms with Gasteiger partial charge in [0.25, 0.3) is 0 Å². The van der Waals surface area contributed by atoms with Gasteiger partial charge in [-0.3, -0.25) is 10.1 Å². The van der Waals surface area contributed by atoms with Crippen molar-refractivity contribution < 1.29 is 9.66 Å². The Labute approximate surface area is 120 Å². The summed E-state index contributed by atoms with van der Waals surface area (Å²) in [7, 11) is 0. The van der Waals surface area contributed by atoms with Crippen LogP contribution in [0.2, 0.25) is 0 Å². The minimum Gasteiger partial charge on any atom is -0.484 e. The smallest absolute Gasteiger partial charge is 0.311 e. The molecule has 1 aromatic carbocycles. The van der Waals surface area contributed by atoms with Crippen LogP contribution in [0.5, 0.6) is 5.75 Å². The Balaban J connectivity index is 2.87. The van der Waals surface area contributed by atoms with Gasteiger partial charge in [0.15, 0.2) is 5.75 Å². The lowest BCUT2D eigenvalue weighted by Crippen LogP contribution is -2.16. The minimum absolute atomic E-state index is 0.0257. The van der Waals surface area contributed by atoms with E-state index < -0.39 is 0 Å². The SMILES string of the molecule is CCCNCc1ccc(OC(CC)CC)c([N+](=O)[O-])c1. The number of hydrogen-bond acceptors (Lipinski definition) is 4. The van der Waals surface area contributed by atoms with Gasteiger partial charge in [-0.2, -0.15) is 0 Å². The number of nitro groups is 1. The van der Waals surface area contributed by atoms with Gasteiger partial charge in [-0.05, 0) is 37.4 Å². The van der Waals surface area contributed by atoms with Crippen molar-refractivity contribution in [3.63, 3.8) is 0 Å². The van der Waals surface area contributed by atoms with Gasteiger partial charge in [0.1, 0.15) is 0 Å². The minimum atomic E-state index is -0.374. The van der Waals surface area contributed by atoms with Crippen molar-refractivity contribution in [2.75, 3.05) is 6.54 Å². The Kier molecular flexibility index (Phi) is 7.01. The molecule has 0 heterocycles. The highest BCUT2D eigenvalue weighted by atomic mass is 16.6. The predicted octanol–water partition coefficient (Wildman–Crippen LogP) is 3.66. The topological polar surface area (TPSA) is 64.4 Å². The highest BCUT2D eigenvalue weighted by molar-refractivity contribution is 5.48. The molecule has 0 aliphatic heterocycles. The Morgan fingerprint density at radius 2 is 2.00 bits per heavy atom. The van der Waals surface area contributed by atoms with Crippen LogP contribution in [0, 0.1) is 10.1 Å². The van der Waals surface area contributed by atoms with Gasteiger partial charge in [0.2, 0.25) is 0 Å². The van der Waals surface area contributed by atoms with Crippen LogP contribution >= 0.6 is 0 Å². The summed E-state index contributed by atoms with van der Waals surface area (Å²) in [5, 5.41) is 14.4. The second-order valence-electron chi connectivity index (χ2n) is 4.79. The normalized spacial score (nSPS) is 10.8. The van der Waals surface area contributed by atoms with Crippen LogP contribution in [-0.4, -0.2) is 17.6 Å². The molecule has 0 radical (unpaired) electrons. The fourth-order valence-corrected chi connectivity index (χ4v) is 1.96. The van der Waals surface area contributed by atoms with Gasteiger partial charge >= 0.3 is 5.69 Å². The molecule has 0 bridgehead atoms. The second-order valence-corrected chi connectivity index (χ2v) is 4.79. The third-order valence-corrected chi connectivity index (χ3v) is 3.18. The molecule has 0 saturated heterocycles. The van der Waals surface area contributed by atoms with Gasteiger partial charge in [0.05, 0.1) is 11.0 Å². The molecule has 0 aliphatic carbocycles. The molecule has 1 N–H and O–H groups in total. The molecule has 5 nitrogen and oxygen atoms in total. The third-order valence-electron chi connectivity index (χ3n) is 3.18. The van der Waals surface area contributed by atoms with Crippen molar-refractivity contribution in [3.8, 4) is 5.75 Å². The number of nitro benzene ring substituents is 1. The predicted molar refractivity (Wildman–Crippen MR) is 80.1 cm³/mol. The quantitative estimate of drug-likeness (QED) is 0.426. The molecule has 0 spiro atoms. The van der Waals surface area contributed by atoms with E-state index in [1.165, 1.54) is 0 Å². The van der Waals surface area contributed by atoms with E-state index in [0.29, 0.717) is 12.3 Å². The molecule has 0 saturated carbocycles. The Morgan fingerprint density at radius 3 is 2.55 bits per heavy atom. The third kappa shape index (κ3) is 4.81. The number of rotatable bonds is 9. The first-order chi connectivity index (χ1) is 9.62. The standard InChI is InChI=1S/C15H24N2O3/c1-4-9-16-11-12-7-8-15(14(10-12)17(18)19)20-13(5-2)6-3/h7-8,10,13,16H,4-6,9,11H2,1-3H3. The average molecular weight is 280 g/mol. The summed E-state index contributed by atoms with van der Waals surface area (Å²) >= 11 is 0. The largest absolute Gasteiger partial charge is 0.484 e. The van der Waals surface area contributed by atoms with Crippen molar-refractivity contribution in [1.29, 1.82) is 0 Å². The summed E-state index contributed by atoms with van der Waals surface area (Å²) in [6, 6.07) is 5.19. The molecular formula is C15H24N2O3. The Bertz CT molecular complexity index is 431. The Morgan fingerprint density at radius 1 is 1.30 bits per heavy atom. The van der Waals surface area contributed by atoms with Crippen molar-refractivity contribution in [2.45, 2.75) is 52.7 Å². The lowest BCUT2D eigenvalue weighted by Gasteiger charge is -2.16. The first-order valence-corrected chi connectivity index (χ1v) is 7.27. The van der Waals surface area contributed by atoms with Crippen LogP contribution in [0.4, 0.5) is 5.69 Å². The van der Waals surface area contributed by atoms with Crippen LogP contribution in [0.3, 0.4) is 0 Å².